The predicted molar refractivity (Wildman–Crippen MR) is 75.7 cm³/mol. The zero-order valence-corrected chi connectivity index (χ0v) is 12.5. The molecule has 0 saturated heterocycles. The Morgan fingerprint density at radius 2 is 1.50 bits per heavy atom. The van der Waals surface area contributed by atoms with E-state index < -0.39 is 0 Å². The lowest BCUT2D eigenvalue weighted by atomic mass is 9.94. The molecule has 0 radical (unpaired) electrons. The van der Waals surface area contributed by atoms with Crippen LogP contribution in [0.1, 0.15) is 16.7 Å². The van der Waals surface area contributed by atoms with Gasteiger partial charge in [0.1, 0.15) is 0 Å². The van der Waals surface area contributed by atoms with E-state index in [1.54, 1.807) is 5.19 Å². The number of aryl methyl sites for hydroxylation is 1. The van der Waals surface area contributed by atoms with E-state index in [2.05, 4.69) is 57.2 Å². The molecule has 16 heavy (non-hydrogen) atoms. The van der Waals surface area contributed by atoms with Crippen LogP contribution in [0.2, 0.25) is 0 Å². The van der Waals surface area contributed by atoms with Crippen molar-refractivity contribution in [3.8, 4) is 11.1 Å². The van der Waals surface area contributed by atoms with Crippen LogP contribution in [0.15, 0.2) is 36.4 Å². The predicted octanol–water partition coefficient (Wildman–Crippen LogP) is 2.27. The third-order valence-electron chi connectivity index (χ3n) is 3.57. The smallest absolute Gasteiger partial charge is 0.0392 e. The molecule has 0 fully saturated rings. The van der Waals surface area contributed by atoms with E-state index in [9.17, 15) is 0 Å². The Hall–Kier alpha value is -1.34. The lowest BCUT2D eigenvalue weighted by Gasteiger charge is -2.14. The SMILES string of the molecule is Cc1cc(-c2ccccc2)c(C)c(C)c1[SiH3]. The molecule has 0 saturated carbocycles. The molecule has 0 unspecified atom stereocenters. The molecule has 1 heteroatoms. The Morgan fingerprint density at radius 1 is 0.875 bits per heavy atom. The van der Waals surface area contributed by atoms with Gasteiger partial charge in [-0.3, -0.25) is 0 Å². The summed E-state index contributed by atoms with van der Waals surface area (Å²) in [4.78, 5) is 0. The van der Waals surface area contributed by atoms with Gasteiger partial charge in [0.05, 0.1) is 0 Å². The van der Waals surface area contributed by atoms with E-state index >= 15 is 0 Å². The second-order valence-corrected chi connectivity index (χ2v) is 5.48. The average Bonchev–Trinajstić information content (AvgIpc) is 2.32. The summed E-state index contributed by atoms with van der Waals surface area (Å²) in [6, 6.07) is 13.0. The highest BCUT2D eigenvalue weighted by Gasteiger charge is 2.07. The van der Waals surface area contributed by atoms with Crippen molar-refractivity contribution in [3.05, 3.63) is 53.1 Å². The fourth-order valence-electron chi connectivity index (χ4n) is 2.13. The summed E-state index contributed by atoms with van der Waals surface area (Å²) < 4.78 is 0. The van der Waals surface area contributed by atoms with Gasteiger partial charge in [0.2, 0.25) is 0 Å². The zero-order chi connectivity index (χ0) is 11.7. The quantitative estimate of drug-likeness (QED) is 0.654. The van der Waals surface area contributed by atoms with Crippen molar-refractivity contribution < 1.29 is 0 Å². The lowest BCUT2D eigenvalue weighted by molar-refractivity contribution is 1.33. The highest BCUT2D eigenvalue weighted by molar-refractivity contribution is 6.34. The average molecular weight is 226 g/mol. The first-order valence-corrected chi connectivity index (χ1v) is 6.74. The maximum absolute atomic E-state index is 2.33. The number of hydrogen-bond acceptors (Lipinski definition) is 0. The van der Waals surface area contributed by atoms with Crippen molar-refractivity contribution in [1.29, 1.82) is 0 Å². The fourth-order valence-corrected chi connectivity index (χ4v) is 2.65. The Kier molecular flexibility index (Phi) is 2.97. The molecule has 0 amide bonds. The third-order valence-corrected chi connectivity index (χ3v) is 5.10. The molecular weight excluding hydrogens is 208 g/mol. The van der Waals surface area contributed by atoms with Gasteiger partial charge in [-0.25, -0.2) is 0 Å². The van der Waals surface area contributed by atoms with Crippen LogP contribution in [-0.2, 0) is 0 Å². The Morgan fingerprint density at radius 3 is 2.12 bits per heavy atom. The summed E-state index contributed by atoms with van der Waals surface area (Å²) in [6.45, 7) is 6.71. The molecule has 0 aliphatic heterocycles. The first-order chi connectivity index (χ1) is 7.61. The zero-order valence-electron chi connectivity index (χ0n) is 10.5. The fraction of sp³-hybridized carbons (Fsp3) is 0.200. The summed E-state index contributed by atoms with van der Waals surface area (Å²) >= 11 is 0. The lowest BCUT2D eigenvalue weighted by Crippen LogP contribution is -2.13. The van der Waals surface area contributed by atoms with Crippen molar-refractivity contribution in [3.63, 3.8) is 0 Å². The summed E-state index contributed by atoms with van der Waals surface area (Å²) in [5.74, 6) is 0. The first kappa shape index (κ1) is 11.2. The Balaban J connectivity index is 2.68. The van der Waals surface area contributed by atoms with Crippen molar-refractivity contribution in [2.24, 2.45) is 0 Å². The number of rotatable bonds is 1. The van der Waals surface area contributed by atoms with Gasteiger partial charge < -0.3 is 0 Å². The van der Waals surface area contributed by atoms with Gasteiger partial charge in [-0.1, -0.05) is 47.1 Å². The summed E-state index contributed by atoms with van der Waals surface area (Å²) in [7, 11) is 1.14. The van der Waals surface area contributed by atoms with Crippen LogP contribution in [0.3, 0.4) is 0 Å². The standard InChI is InChI=1S/C15H18Si/c1-10-9-14(11(2)12(3)15(10)16)13-7-5-4-6-8-13/h4-9H,1-3,16H3. The summed E-state index contributed by atoms with van der Waals surface area (Å²) in [5.41, 5.74) is 7.06. The van der Waals surface area contributed by atoms with Crippen LogP contribution in [0.4, 0.5) is 0 Å². The van der Waals surface area contributed by atoms with Crippen LogP contribution < -0.4 is 5.19 Å². The van der Waals surface area contributed by atoms with E-state index in [0.29, 0.717) is 0 Å². The van der Waals surface area contributed by atoms with Gasteiger partial charge in [0.25, 0.3) is 0 Å². The molecule has 0 nitrogen and oxygen atoms in total. The van der Waals surface area contributed by atoms with E-state index in [1.807, 2.05) is 0 Å². The van der Waals surface area contributed by atoms with E-state index in [1.165, 1.54) is 27.8 Å². The molecule has 0 aliphatic rings. The van der Waals surface area contributed by atoms with Gasteiger partial charge in [-0.15, -0.1) is 0 Å². The minimum Gasteiger partial charge on any atom is -0.0648 e. The van der Waals surface area contributed by atoms with Crippen molar-refractivity contribution >= 4 is 15.4 Å². The topological polar surface area (TPSA) is 0 Å². The van der Waals surface area contributed by atoms with Crippen molar-refractivity contribution in [2.45, 2.75) is 20.8 Å². The molecule has 0 heterocycles. The molecule has 0 bridgehead atoms. The summed E-state index contributed by atoms with van der Waals surface area (Å²) in [5, 5.41) is 1.55. The van der Waals surface area contributed by atoms with Gasteiger partial charge in [0.15, 0.2) is 0 Å². The monoisotopic (exact) mass is 226 g/mol. The molecule has 2 aromatic rings. The van der Waals surface area contributed by atoms with Gasteiger partial charge in [-0.05, 0) is 43.0 Å². The Bertz CT molecular complexity index is 513. The van der Waals surface area contributed by atoms with Crippen molar-refractivity contribution in [2.75, 3.05) is 0 Å². The molecule has 82 valence electrons. The third kappa shape index (κ3) is 1.83. The van der Waals surface area contributed by atoms with Crippen LogP contribution in [0.5, 0.6) is 0 Å². The van der Waals surface area contributed by atoms with E-state index in [-0.39, 0.29) is 0 Å². The largest absolute Gasteiger partial charge is 0.0648 e. The van der Waals surface area contributed by atoms with Crippen LogP contribution >= 0.6 is 0 Å². The van der Waals surface area contributed by atoms with Crippen molar-refractivity contribution in [1.82, 2.24) is 0 Å². The Labute approximate surface area is 101 Å². The highest BCUT2D eigenvalue weighted by atomic mass is 28.1. The molecule has 0 N–H and O–H groups in total. The number of hydrogen-bond donors (Lipinski definition) is 0. The highest BCUT2D eigenvalue weighted by Crippen LogP contribution is 2.25. The first-order valence-electron chi connectivity index (χ1n) is 5.74. The molecule has 0 spiro atoms. The van der Waals surface area contributed by atoms with Crippen LogP contribution in [0.25, 0.3) is 11.1 Å². The van der Waals surface area contributed by atoms with Gasteiger partial charge in [-0.2, -0.15) is 0 Å². The summed E-state index contributed by atoms with van der Waals surface area (Å²) in [6.07, 6.45) is 0. The molecule has 0 aliphatic carbocycles. The normalized spacial score (nSPS) is 10.7. The molecule has 0 atom stereocenters. The van der Waals surface area contributed by atoms with E-state index in [0.717, 1.165) is 10.2 Å². The van der Waals surface area contributed by atoms with Gasteiger partial charge >= 0.3 is 0 Å². The van der Waals surface area contributed by atoms with E-state index in [4.69, 9.17) is 0 Å². The maximum Gasteiger partial charge on any atom is 0.0392 e. The minimum atomic E-state index is 1.14. The number of benzene rings is 2. The maximum atomic E-state index is 2.33. The second kappa shape index (κ2) is 4.26. The molecular formula is C15H18Si. The molecule has 2 aromatic carbocycles. The second-order valence-electron chi connectivity index (χ2n) is 4.48. The van der Waals surface area contributed by atoms with Gasteiger partial charge in [0, 0.05) is 10.2 Å². The van der Waals surface area contributed by atoms with Crippen LogP contribution in [0, 0.1) is 20.8 Å². The molecule has 2 rings (SSSR count). The molecule has 0 aromatic heterocycles. The van der Waals surface area contributed by atoms with Crippen LogP contribution in [-0.4, -0.2) is 10.2 Å². The minimum absolute atomic E-state index is 1.14.